The number of nitrogens with zero attached hydrogens (tertiary/aromatic N) is 5. The van der Waals surface area contributed by atoms with E-state index in [1.807, 2.05) is 19.2 Å². The first-order chi connectivity index (χ1) is 11.8. The lowest BCUT2D eigenvalue weighted by molar-refractivity contribution is 0.369. The van der Waals surface area contributed by atoms with Gasteiger partial charge in [0.1, 0.15) is 5.76 Å². The summed E-state index contributed by atoms with van der Waals surface area (Å²) in [5, 5.41) is 13.9. The Bertz CT molecular complexity index is 1040. The van der Waals surface area contributed by atoms with Crippen molar-refractivity contribution in [1.82, 2.24) is 24.3 Å². The third-order valence-electron chi connectivity index (χ3n) is 4.77. The third-order valence-corrected chi connectivity index (χ3v) is 5.71. The molecule has 0 amide bonds. The Morgan fingerprint density at radius 2 is 1.96 bits per heavy atom. The Hall–Kier alpha value is -2.28. The molecule has 0 radical (unpaired) electrons. The van der Waals surface area contributed by atoms with Gasteiger partial charge in [-0.25, -0.2) is 0 Å². The van der Waals surface area contributed by atoms with Crippen LogP contribution in [0.25, 0.3) is 16.8 Å². The fourth-order valence-corrected chi connectivity index (χ4v) is 4.42. The van der Waals surface area contributed by atoms with Crippen LogP contribution >= 0.6 is 11.8 Å². The number of fused-ring (bicyclic) bond motifs is 4. The average Bonchev–Trinajstić information content (AvgIpc) is 3.29. The van der Waals surface area contributed by atoms with Gasteiger partial charge in [-0.15, -0.1) is 10.2 Å². The van der Waals surface area contributed by atoms with Crippen molar-refractivity contribution in [2.75, 3.05) is 0 Å². The summed E-state index contributed by atoms with van der Waals surface area (Å²) in [7, 11) is 2.02. The van der Waals surface area contributed by atoms with Crippen LogP contribution < -0.4 is 0 Å². The SMILES string of the molecule is Cn1c2ccccc2n2c(SCc3noc4c3CCCC4)nnc12. The number of benzene rings is 1. The fraction of sp³-hybridized carbons (Fsp3) is 0.353. The van der Waals surface area contributed by atoms with E-state index in [2.05, 4.69) is 36.5 Å². The maximum atomic E-state index is 5.51. The van der Waals surface area contributed by atoms with Crippen LogP contribution in [0.1, 0.15) is 29.9 Å². The first kappa shape index (κ1) is 14.1. The lowest BCUT2D eigenvalue weighted by Crippen LogP contribution is -2.01. The van der Waals surface area contributed by atoms with Gasteiger partial charge in [0.05, 0.1) is 16.7 Å². The van der Waals surface area contributed by atoms with E-state index in [1.54, 1.807) is 11.8 Å². The summed E-state index contributed by atoms with van der Waals surface area (Å²) in [4.78, 5) is 0. The second kappa shape index (κ2) is 5.37. The highest BCUT2D eigenvalue weighted by Crippen LogP contribution is 2.30. The lowest BCUT2D eigenvalue weighted by atomic mass is 9.97. The number of thioether (sulfide) groups is 1. The molecule has 0 atom stereocenters. The molecule has 3 heterocycles. The Kier molecular flexibility index (Phi) is 3.16. The van der Waals surface area contributed by atoms with Gasteiger partial charge in [0.15, 0.2) is 5.16 Å². The van der Waals surface area contributed by atoms with Crippen LogP contribution in [0.3, 0.4) is 0 Å². The van der Waals surface area contributed by atoms with E-state index >= 15 is 0 Å². The molecule has 5 rings (SSSR count). The largest absolute Gasteiger partial charge is 0.361 e. The van der Waals surface area contributed by atoms with Crippen LogP contribution in [0.4, 0.5) is 0 Å². The number of rotatable bonds is 3. The van der Waals surface area contributed by atoms with Crippen molar-refractivity contribution in [1.29, 1.82) is 0 Å². The third kappa shape index (κ3) is 2.00. The van der Waals surface area contributed by atoms with E-state index < -0.39 is 0 Å². The van der Waals surface area contributed by atoms with Gasteiger partial charge in [-0.05, 0) is 31.4 Å². The molecular weight excluding hydrogens is 322 g/mol. The van der Waals surface area contributed by atoms with Gasteiger partial charge in [-0.1, -0.05) is 29.1 Å². The summed E-state index contributed by atoms with van der Waals surface area (Å²) in [6.45, 7) is 0. The molecule has 4 aromatic rings. The Morgan fingerprint density at radius 3 is 2.88 bits per heavy atom. The van der Waals surface area contributed by atoms with Gasteiger partial charge >= 0.3 is 0 Å². The van der Waals surface area contributed by atoms with Crippen molar-refractivity contribution < 1.29 is 4.52 Å². The van der Waals surface area contributed by atoms with E-state index in [4.69, 9.17) is 4.52 Å². The van der Waals surface area contributed by atoms with E-state index in [0.717, 1.165) is 52.0 Å². The predicted octanol–water partition coefficient (Wildman–Crippen LogP) is 3.38. The Morgan fingerprint density at radius 1 is 1.12 bits per heavy atom. The molecule has 3 aromatic heterocycles. The van der Waals surface area contributed by atoms with Gasteiger partial charge in [0.2, 0.25) is 5.78 Å². The maximum Gasteiger partial charge on any atom is 0.236 e. The van der Waals surface area contributed by atoms with Crippen LogP contribution in [0.15, 0.2) is 33.9 Å². The number of aryl methyl sites for hydroxylation is 2. The minimum Gasteiger partial charge on any atom is -0.361 e. The molecule has 1 aliphatic rings. The molecule has 0 N–H and O–H groups in total. The Balaban J connectivity index is 1.51. The van der Waals surface area contributed by atoms with Gasteiger partial charge < -0.3 is 9.09 Å². The molecule has 7 heteroatoms. The maximum absolute atomic E-state index is 5.51. The minimum absolute atomic E-state index is 0.767. The molecule has 0 bridgehead atoms. The molecule has 0 fully saturated rings. The number of hydrogen-bond acceptors (Lipinski definition) is 5. The van der Waals surface area contributed by atoms with Crippen molar-refractivity contribution >= 4 is 28.6 Å². The van der Waals surface area contributed by atoms with E-state index in [-0.39, 0.29) is 0 Å². The Labute approximate surface area is 142 Å². The van der Waals surface area contributed by atoms with E-state index in [9.17, 15) is 0 Å². The topological polar surface area (TPSA) is 61.2 Å². The fourth-order valence-electron chi connectivity index (χ4n) is 3.52. The molecule has 1 aromatic carbocycles. The van der Waals surface area contributed by atoms with Gasteiger partial charge in [0.25, 0.3) is 0 Å². The molecule has 0 spiro atoms. The van der Waals surface area contributed by atoms with E-state index in [0.29, 0.717) is 0 Å². The van der Waals surface area contributed by atoms with Crippen LogP contribution in [-0.2, 0) is 25.6 Å². The first-order valence-corrected chi connectivity index (χ1v) is 9.19. The summed E-state index contributed by atoms with van der Waals surface area (Å²) in [5.74, 6) is 2.71. The number of aromatic nitrogens is 5. The molecular formula is C17H17N5OS. The summed E-state index contributed by atoms with van der Waals surface area (Å²) < 4.78 is 9.70. The van der Waals surface area contributed by atoms with E-state index in [1.165, 1.54) is 18.4 Å². The number of para-hydroxylation sites is 2. The zero-order valence-electron chi connectivity index (χ0n) is 13.4. The first-order valence-electron chi connectivity index (χ1n) is 8.20. The molecule has 1 aliphatic carbocycles. The molecule has 0 unspecified atom stereocenters. The van der Waals surface area contributed by atoms with Crippen LogP contribution in [-0.4, -0.2) is 24.3 Å². The highest BCUT2D eigenvalue weighted by atomic mass is 32.2. The van der Waals surface area contributed by atoms with Gasteiger partial charge in [0, 0.05) is 24.8 Å². The quantitative estimate of drug-likeness (QED) is 0.536. The number of imidazole rings is 1. The lowest BCUT2D eigenvalue weighted by Gasteiger charge is -2.08. The highest BCUT2D eigenvalue weighted by Gasteiger charge is 2.21. The molecule has 24 heavy (non-hydrogen) atoms. The molecule has 122 valence electrons. The summed E-state index contributed by atoms with van der Waals surface area (Å²) in [6.07, 6.45) is 4.53. The van der Waals surface area contributed by atoms with Crippen molar-refractivity contribution in [2.45, 2.75) is 36.6 Å². The zero-order valence-corrected chi connectivity index (χ0v) is 14.2. The van der Waals surface area contributed by atoms with Crippen LogP contribution in [0.2, 0.25) is 0 Å². The summed E-state index contributed by atoms with van der Waals surface area (Å²) >= 11 is 1.67. The number of hydrogen-bond donors (Lipinski definition) is 0. The normalized spacial score (nSPS) is 14.5. The van der Waals surface area contributed by atoms with Crippen molar-refractivity contribution in [2.24, 2.45) is 7.05 Å². The molecule has 0 saturated heterocycles. The van der Waals surface area contributed by atoms with Crippen molar-refractivity contribution in [3.05, 3.63) is 41.3 Å². The molecule has 0 saturated carbocycles. The average molecular weight is 339 g/mol. The van der Waals surface area contributed by atoms with Crippen molar-refractivity contribution in [3.8, 4) is 0 Å². The van der Waals surface area contributed by atoms with Crippen LogP contribution in [0.5, 0.6) is 0 Å². The standard InChI is InChI=1S/C17H17N5OS/c1-21-13-7-3-4-8-14(13)22-16(21)18-19-17(22)24-10-12-11-6-2-5-9-15(11)23-20-12/h3-4,7-8H,2,5-6,9-10H2,1H3. The second-order valence-corrected chi connectivity index (χ2v) is 7.13. The predicted molar refractivity (Wildman–Crippen MR) is 92.2 cm³/mol. The minimum atomic E-state index is 0.767. The summed E-state index contributed by atoms with van der Waals surface area (Å²) in [5.41, 5.74) is 4.66. The molecule has 0 aliphatic heterocycles. The second-order valence-electron chi connectivity index (χ2n) is 6.19. The highest BCUT2D eigenvalue weighted by molar-refractivity contribution is 7.98. The van der Waals surface area contributed by atoms with Crippen LogP contribution in [0, 0.1) is 0 Å². The smallest absolute Gasteiger partial charge is 0.236 e. The molecule has 6 nitrogen and oxygen atoms in total. The zero-order chi connectivity index (χ0) is 16.1. The van der Waals surface area contributed by atoms with Crippen molar-refractivity contribution in [3.63, 3.8) is 0 Å². The summed E-state index contributed by atoms with van der Waals surface area (Å²) in [6, 6.07) is 8.30. The van der Waals surface area contributed by atoms with Gasteiger partial charge in [-0.3, -0.25) is 4.40 Å². The van der Waals surface area contributed by atoms with Gasteiger partial charge in [-0.2, -0.15) is 0 Å². The monoisotopic (exact) mass is 339 g/mol.